The lowest BCUT2D eigenvalue weighted by Crippen LogP contribution is -2.32. The van der Waals surface area contributed by atoms with E-state index in [0.717, 1.165) is 16.9 Å². The number of carbonyl (C=O) groups is 1. The SMILES string of the molecule is Nc1nonc1C(=O)NCCNCc1ccc(OCc2c(Cl)cccc2Cl)cc1. The van der Waals surface area contributed by atoms with Gasteiger partial charge in [-0.1, -0.05) is 41.4 Å². The first-order valence-corrected chi connectivity index (χ1v) is 9.52. The number of aromatic nitrogens is 2. The van der Waals surface area contributed by atoms with E-state index in [1.165, 1.54) is 0 Å². The number of ether oxygens (including phenoxy) is 1. The number of amides is 1. The number of benzene rings is 2. The lowest BCUT2D eigenvalue weighted by molar-refractivity contribution is 0.0944. The second-order valence-corrected chi connectivity index (χ2v) is 6.88. The Hall–Kier alpha value is -2.81. The van der Waals surface area contributed by atoms with Crippen LogP contribution in [0.1, 0.15) is 21.6 Å². The van der Waals surface area contributed by atoms with Crippen molar-refractivity contribution in [2.75, 3.05) is 18.8 Å². The fourth-order valence-electron chi connectivity index (χ4n) is 2.46. The summed E-state index contributed by atoms with van der Waals surface area (Å²) in [4.78, 5) is 11.8. The second kappa shape index (κ2) is 10.1. The summed E-state index contributed by atoms with van der Waals surface area (Å²) >= 11 is 12.3. The summed E-state index contributed by atoms with van der Waals surface area (Å²) < 4.78 is 10.1. The van der Waals surface area contributed by atoms with Gasteiger partial charge in [-0.05, 0) is 40.1 Å². The molecule has 1 amide bonds. The van der Waals surface area contributed by atoms with E-state index in [-0.39, 0.29) is 11.5 Å². The van der Waals surface area contributed by atoms with Gasteiger partial charge in [-0.3, -0.25) is 4.79 Å². The van der Waals surface area contributed by atoms with Crippen LogP contribution in [-0.2, 0) is 13.2 Å². The van der Waals surface area contributed by atoms with E-state index in [4.69, 9.17) is 33.7 Å². The monoisotopic (exact) mass is 435 g/mol. The first-order chi connectivity index (χ1) is 14.0. The number of nitrogens with two attached hydrogens (primary N) is 1. The topological polar surface area (TPSA) is 115 Å². The van der Waals surface area contributed by atoms with Crippen molar-refractivity contribution >= 4 is 34.9 Å². The molecule has 3 aromatic rings. The number of hydrogen-bond acceptors (Lipinski definition) is 7. The predicted molar refractivity (Wildman–Crippen MR) is 110 cm³/mol. The highest BCUT2D eigenvalue weighted by atomic mass is 35.5. The van der Waals surface area contributed by atoms with Crippen molar-refractivity contribution in [2.45, 2.75) is 13.2 Å². The highest BCUT2D eigenvalue weighted by molar-refractivity contribution is 6.35. The average Bonchev–Trinajstić information content (AvgIpc) is 3.14. The molecule has 2 aromatic carbocycles. The Labute approximate surface area is 177 Å². The highest BCUT2D eigenvalue weighted by Crippen LogP contribution is 2.25. The van der Waals surface area contributed by atoms with E-state index in [0.29, 0.717) is 36.3 Å². The van der Waals surface area contributed by atoms with Gasteiger partial charge in [0.1, 0.15) is 12.4 Å². The number of halogens is 2. The summed E-state index contributed by atoms with van der Waals surface area (Å²) in [6, 6.07) is 13.0. The maximum absolute atomic E-state index is 11.8. The average molecular weight is 436 g/mol. The van der Waals surface area contributed by atoms with Crippen molar-refractivity contribution in [3.8, 4) is 5.75 Å². The van der Waals surface area contributed by atoms with Crippen LogP contribution in [-0.4, -0.2) is 29.3 Å². The van der Waals surface area contributed by atoms with E-state index in [2.05, 4.69) is 25.6 Å². The lowest BCUT2D eigenvalue weighted by atomic mass is 10.2. The molecule has 0 atom stereocenters. The lowest BCUT2D eigenvalue weighted by Gasteiger charge is -2.10. The zero-order valence-electron chi connectivity index (χ0n) is 15.3. The maximum atomic E-state index is 11.8. The predicted octanol–water partition coefficient (Wildman–Crippen LogP) is 3.06. The van der Waals surface area contributed by atoms with Crippen molar-refractivity contribution in [1.29, 1.82) is 0 Å². The fraction of sp³-hybridized carbons (Fsp3) is 0.211. The quantitative estimate of drug-likeness (QED) is 0.442. The third kappa shape index (κ3) is 5.83. The third-order valence-corrected chi connectivity index (χ3v) is 4.72. The molecule has 1 heterocycles. The molecule has 1 aromatic heterocycles. The van der Waals surface area contributed by atoms with Gasteiger partial charge in [-0.25, -0.2) is 4.63 Å². The molecule has 0 aliphatic carbocycles. The van der Waals surface area contributed by atoms with Crippen LogP contribution < -0.4 is 21.1 Å². The number of rotatable bonds is 9. The number of nitrogens with one attached hydrogen (secondary N) is 2. The van der Waals surface area contributed by atoms with Crippen molar-refractivity contribution in [1.82, 2.24) is 20.9 Å². The van der Waals surface area contributed by atoms with Gasteiger partial charge in [0.15, 0.2) is 0 Å². The number of carbonyl (C=O) groups excluding carboxylic acids is 1. The van der Waals surface area contributed by atoms with Gasteiger partial charge in [0, 0.05) is 35.2 Å². The van der Waals surface area contributed by atoms with E-state index >= 15 is 0 Å². The molecular formula is C19H19Cl2N5O3. The Morgan fingerprint density at radius 3 is 2.45 bits per heavy atom. The van der Waals surface area contributed by atoms with Gasteiger partial charge in [0.05, 0.1) is 0 Å². The molecular weight excluding hydrogens is 417 g/mol. The van der Waals surface area contributed by atoms with Crippen LogP contribution in [0.2, 0.25) is 10.0 Å². The summed E-state index contributed by atoms with van der Waals surface area (Å²) in [5.41, 5.74) is 7.28. The molecule has 0 fully saturated rings. The van der Waals surface area contributed by atoms with Crippen LogP contribution in [0.15, 0.2) is 47.1 Å². The number of hydrogen-bond donors (Lipinski definition) is 3. The van der Waals surface area contributed by atoms with Crippen LogP contribution in [0.5, 0.6) is 5.75 Å². The first kappa shape index (κ1) is 20.9. The molecule has 8 nitrogen and oxygen atoms in total. The molecule has 0 aliphatic rings. The van der Waals surface area contributed by atoms with Crippen LogP contribution in [0.25, 0.3) is 0 Å². The Kier molecular flexibility index (Phi) is 7.29. The summed E-state index contributed by atoms with van der Waals surface area (Å²) in [6.45, 7) is 1.91. The van der Waals surface area contributed by atoms with Crippen LogP contribution >= 0.6 is 23.2 Å². The molecule has 0 saturated carbocycles. The molecule has 4 N–H and O–H groups in total. The van der Waals surface area contributed by atoms with Gasteiger partial charge in [-0.2, -0.15) is 0 Å². The molecule has 0 aliphatic heterocycles. The molecule has 152 valence electrons. The molecule has 0 spiro atoms. The fourth-order valence-corrected chi connectivity index (χ4v) is 2.97. The molecule has 0 radical (unpaired) electrons. The summed E-state index contributed by atoms with van der Waals surface area (Å²) in [5.74, 6) is 0.260. The second-order valence-electron chi connectivity index (χ2n) is 6.06. The molecule has 0 unspecified atom stereocenters. The van der Waals surface area contributed by atoms with Crippen molar-refractivity contribution in [2.24, 2.45) is 0 Å². The Morgan fingerprint density at radius 2 is 1.79 bits per heavy atom. The van der Waals surface area contributed by atoms with Crippen molar-refractivity contribution in [3.63, 3.8) is 0 Å². The van der Waals surface area contributed by atoms with Crippen LogP contribution in [0.4, 0.5) is 5.82 Å². The minimum atomic E-state index is -0.425. The molecule has 3 rings (SSSR count). The highest BCUT2D eigenvalue weighted by Gasteiger charge is 2.14. The minimum absolute atomic E-state index is 0.0151. The largest absolute Gasteiger partial charge is 0.489 e. The zero-order chi connectivity index (χ0) is 20.6. The van der Waals surface area contributed by atoms with Crippen molar-refractivity contribution < 1.29 is 14.2 Å². The summed E-state index contributed by atoms with van der Waals surface area (Å²) in [7, 11) is 0. The first-order valence-electron chi connectivity index (χ1n) is 8.76. The normalized spacial score (nSPS) is 10.7. The Balaban J connectivity index is 1.38. The minimum Gasteiger partial charge on any atom is -0.489 e. The van der Waals surface area contributed by atoms with Crippen LogP contribution in [0.3, 0.4) is 0 Å². The van der Waals surface area contributed by atoms with E-state index in [1.54, 1.807) is 18.2 Å². The van der Waals surface area contributed by atoms with E-state index in [1.807, 2.05) is 24.3 Å². The van der Waals surface area contributed by atoms with Gasteiger partial charge < -0.3 is 21.1 Å². The van der Waals surface area contributed by atoms with E-state index in [9.17, 15) is 4.79 Å². The standard InChI is InChI=1S/C19H19Cl2N5O3/c20-15-2-1-3-16(21)14(15)11-28-13-6-4-12(5-7-13)10-23-8-9-24-19(27)17-18(22)26-29-25-17/h1-7,23H,8-11H2,(H2,22,26)(H,24,27). The van der Waals surface area contributed by atoms with Crippen molar-refractivity contribution in [3.05, 3.63) is 69.3 Å². The Morgan fingerprint density at radius 1 is 1.07 bits per heavy atom. The van der Waals surface area contributed by atoms with Gasteiger partial charge >= 0.3 is 0 Å². The van der Waals surface area contributed by atoms with Crippen LogP contribution in [0, 0.1) is 0 Å². The third-order valence-electron chi connectivity index (χ3n) is 4.01. The van der Waals surface area contributed by atoms with Gasteiger partial charge in [0.25, 0.3) is 5.91 Å². The van der Waals surface area contributed by atoms with Gasteiger partial charge in [0.2, 0.25) is 11.5 Å². The van der Waals surface area contributed by atoms with E-state index < -0.39 is 5.91 Å². The molecule has 0 saturated heterocycles. The smallest absolute Gasteiger partial charge is 0.277 e. The molecule has 0 bridgehead atoms. The maximum Gasteiger partial charge on any atom is 0.277 e. The number of nitrogen functional groups attached to an aromatic ring is 1. The van der Waals surface area contributed by atoms with Gasteiger partial charge in [-0.15, -0.1) is 0 Å². The molecule has 29 heavy (non-hydrogen) atoms. The summed E-state index contributed by atoms with van der Waals surface area (Å²) in [6.07, 6.45) is 0. The summed E-state index contributed by atoms with van der Waals surface area (Å²) in [5, 5.41) is 13.9. The molecule has 10 heteroatoms. The number of anilines is 1. The Bertz CT molecular complexity index is 942. The number of nitrogens with zero attached hydrogens (tertiary/aromatic N) is 2. The zero-order valence-corrected chi connectivity index (χ0v) is 16.8.